The molecule has 3 aromatic rings. The summed E-state index contributed by atoms with van der Waals surface area (Å²) in [5, 5.41) is 0. The summed E-state index contributed by atoms with van der Waals surface area (Å²) in [7, 11) is 0. The average molecular weight is 525 g/mol. The van der Waals surface area contributed by atoms with E-state index in [2.05, 4.69) is 103 Å². The molecule has 0 radical (unpaired) electrons. The Morgan fingerprint density at radius 3 is 2.19 bits per heavy atom. The number of hydrogen-bond donors (Lipinski definition) is 0. The minimum atomic E-state index is -2.25. The fourth-order valence-electron chi connectivity index (χ4n) is 5.01. The molecule has 0 heterocycles. The van der Waals surface area contributed by atoms with Crippen molar-refractivity contribution in [1.82, 2.24) is 0 Å². The van der Waals surface area contributed by atoms with E-state index in [4.69, 9.17) is 0 Å². The van der Waals surface area contributed by atoms with Crippen LogP contribution in [0, 0.1) is 5.92 Å². The first-order valence-electron chi connectivity index (χ1n) is 10.5. The molecule has 0 nitrogen and oxygen atoms in total. The number of benzene rings is 3. The third-order valence-electron chi connectivity index (χ3n) is 6.49. The van der Waals surface area contributed by atoms with Crippen LogP contribution in [0.5, 0.6) is 0 Å². The van der Waals surface area contributed by atoms with Crippen molar-refractivity contribution < 1.29 is 46.1 Å². The first kappa shape index (κ1) is 24.1. The monoisotopic (exact) mass is 522 g/mol. The molecule has 0 bridgehead atoms. The van der Waals surface area contributed by atoms with Crippen LogP contribution in [0.25, 0.3) is 11.1 Å². The van der Waals surface area contributed by atoms with Gasteiger partial charge in [-0.25, -0.2) is 0 Å². The van der Waals surface area contributed by atoms with Crippen molar-refractivity contribution >= 4 is 6.98 Å². The Morgan fingerprint density at radius 2 is 1.48 bits per heavy atom. The molecule has 0 saturated carbocycles. The maximum Gasteiger partial charge on any atom is -1.00 e. The van der Waals surface area contributed by atoms with Gasteiger partial charge in [-0.1, -0.05) is 0 Å². The molecule has 0 saturated heterocycles. The Morgan fingerprint density at radius 1 is 0.806 bits per heavy atom. The largest absolute Gasteiger partial charge is 1.00 e. The molecule has 3 aromatic carbocycles. The van der Waals surface area contributed by atoms with Gasteiger partial charge in [0.25, 0.3) is 0 Å². The second kappa shape index (κ2) is 9.95. The third-order valence-corrected chi connectivity index (χ3v) is 14.1. The average Bonchev–Trinajstić information content (AvgIpc) is 3.24. The molecule has 1 unspecified atom stereocenters. The molecular weight excluding hydrogens is 498 g/mol. The van der Waals surface area contributed by atoms with Crippen LogP contribution in [-0.2, 0) is 27.7 Å². The van der Waals surface area contributed by atoms with Crippen molar-refractivity contribution in [1.29, 1.82) is 0 Å². The fraction of sp³-hybridized carbons (Fsp3) is 0.179. The number of fused-ring (bicyclic) bond motifs is 3. The van der Waals surface area contributed by atoms with Crippen LogP contribution < -0.4 is 28.1 Å². The van der Waals surface area contributed by atoms with E-state index in [-0.39, 0.29) is 24.8 Å². The molecule has 2 aliphatic carbocycles. The second-order valence-electron chi connectivity index (χ2n) is 8.31. The Bertz CT molecular complexity index is 1200. The molecule has 0 aromatic heterocycles. The summed E-state index contributed by atoms with van der Waals surface area (Å²) in [5.74, 6) is 0.559. The molecule has 2 aliphatic rings. The second-order valence-corrected chi connectivity index (χ2v) is 13.7. The summed E-state index contributed by atoms with van der Waals surface area (Å²) < 4.78 is 6.08. The summed E-state index contributed by atoms with van der Waals surface area (Å²) in [6.07, 6.45) is 3.56. The summed E-state index contributed by atoms with van der Waals surface area (Å²) in [6.45, 7) is 7.03. The third kappa shape index (κ3) is 4.38. The van der Waals surface area contributed by atoms with E-state index in [0.717, 1.165) is 6.42 Å². The molecule has 0 aliphatic heterocycles. The molecule has 0 amide bonds. The van der Waals surface area contributed by atoms with Gasteiger partial charge in [-0.05, 0) is 0 Å². The van der Waals surface area contributed by atoms with Crippen molar-refractivity contribution in [2.45, 2.75) is 27.2 Å². The summed E-state index contributed by atoms with van der Waals surface area (Å²) in [6, 6.07) is 27.0. The molecule has 5 rings (SSSR count). The van der Waals surface area contributed by atoms with Gasteiger partial charge >= 0.3 is 182 Å². The predicted octanol–water partition coefficient (Wildman–Crippen LogP) is 0.230. The molecule has 0 fully saturated rings. The van der Waals surface area contributed by atoms with Crippen molar-refractivity contribution in [3.05, 3.63) is 110 Å². The van der Waals surface area contributed by atoms with Crippen LogP contribution in [0.3, 0.4) is 0 Å². The van der Waals surface area contributed by atoms with E-state index in [1.54, 1.807) is 17.7 Å². The number of allylic oxidation sites excluding steroid dienone is 4. The number of rotatable bonds is 3. The van der Waals surface area contributed by atoms with Gasteiger partial charge in [0.1, 0.15) is 0 Å². The van der Waals surface area contributed by atoms with Crippen LogP contribution in [0.1, 0.15) is 37.5 Å². The van der Waals surface area contributed by atoms with Gasteiger partial charge in [0.2, 0.25) is 0 Å². The van der Waals surface area contributed by atoms with Crippen molar-refractivity contribution in [2.75, 3.05) is 0 Å². The van der Waals surface area contributed by atoms with E-state index in [9.17, 15) is 0 Å². The Kier molecular flexibility index (Phi) is 7.74. The van der Waals surface area contributed by atoms with Gasteiger partial charge in [0.15, 0.2) is 0 Å². The van der Waals surface area contributed by atoms with Crippen LogP contribution in [-0.4, -0.2) is 3.71 Å². The van der Waals surface area contributed by atoms with E-state index < -0.39 is 21.3 Å². The van der Waals surface area contributed by atoms with E-state index in [1.165, 1.54) is 27.8 Å². The van der Waals surface area contributed by atoms with Gasteiger partial charge in [-0.15, -0.1) is 0 Å². The van der Waals surface area contributed by atoms with Gasteiger partial charge in [-0.3, -0.25) is 0 Å². The van der Waals surface area contributed by atoms with Crippen molar-refractivity contribution in [2.24, 2.45) is 5.92 Å². The molecule has 1 atom stereocenters. The first-order chi connectivity index (χ1) is 14.1. The summed E-state index contributed by atoms with van der Waals surface area (Å²) in [5.41, 5.74) is 10.4. The van der Waals surface area contributed by atoms with Gasteiger partial charge < -0.3 is 24.8 Å². The molecular formula is C28H26Cl2Zr. The molecule has 0 spiro atoms. The van der Waals surface area contributed by atoms with Crippen LogP contribution in [0.4, 0.5) is 0 Å². The molecule has 0 N–H and O–H groups in total. The Labute approximate surface area is 206 Å². The first-order valence-corrected chi connectivity index (χ1v) is 14.4. The maximum atomic E-state index is 2.67. The van der Waals surface area contributed by atoms with Crippen molar-refractivity contribution in [3.63, 3.8) is 0 Å². The zero-order valence-corrected chi connectivity index (χ0v) is 22.1. The van der Waals surface area contributed by atoms with E-state index >= 15 is 0 Å². The van der Waals surface area contributed by atoms with Crippen LogP contribution >= 0.6 is 0 Å². The SMILES string of the molecule is CC1=CC(C)[C](/[Zr+2](=[CH]/c2ccccc2)[c]2cccc3c2Cc2ccccc2-3)=C1C.[Cl-].[Cl-]. The minimum absolute atomic E-state index is 0. The van der Waals surface area contributed by atoms with E-state index in [1.807, 2.05) is 0 Å². The van der Waals surface area contributed by atoms with Crippen LogP contribution in [0.15, 0.2) is 93.3 Å². The normalized spacial score (nSPS) is 16.2. The molecule has 31 heavy (non-hydrogen) atoms. The fourth-order valence-corrected chi connectivity index (χ4v) is 12.7. The van der Waals surface area contributed by atoms with Gasteiger partial charge in [-0.2, -0.15) is 0 Å². The topological polar surface area (TPSA) is 0 Å². The Hall–Kier alpha value is -1.53. The minimum Gasteiger partial charge on any atom is -1.00 e. The molecule has 156 valence electrons. The predicted molar refractivity (Wildman–Crippen MR) is 122 cm³/mol. The number of hydrogen-bond acceptors (Lipinski definition) is 0. The molecule has 3 heteroatoms. The van der Waals surface area contributed by atoms with Gasteiger partial charge in [0.05, 0.1) is 0 Å². The van der Waals surface area contributed by atoms with Gasteiger partial charge in [0, 0.05) is 0 Å². The smallest absolute Gasteiger partial charge is 1.00 e. The standard InChI is InChI=1S/C13H9.C8H11.C7H6.2ClH.Zr/c1-3-7-12-10(5-1)9-11-6-2-4-8-13(11)12;1-6-4-7(2)8(3)5-6;1-7-5-3-2-4-6-7;;;/h1-5,7-8H,9H2;4,6H,1-3H3;1-6H;2*1H;/q;;;;;+2/p-2. The zero-order valence-electron chi connectivity index (χ0n) is 18.1. The zero-order chi connectivity index (χ0) is 20.0. The van der Waals surface area contributed by atoms with Crippen LogP contribution in [0.2, 0.25) is 0 Å². The summed E-state index contributed by atoms with van der Waals surface area (Å²) >= 11 is -2.25. The van der Waals surface area contributed by atoms with E-state index in [0.29, 0.717) is 5.92 Å². The quantitative estimate of drug-likeness (QED) is 0.360. The van der Waals surface area contributed by atoms with Crippen molar-refractivity contribution in [3.8, 4) is 11.1 Å². The number of halogens is 2. The maximum absolute atomic E-state index is 2.67. The Balaban J connectivity index is 0.00000136. The summed E-state index contributed by atoms with van der Waals surface area (Å²) in [4.78, 5) is 0.